The second kappa shape index (κ2) is 9.83. The number of aryl methyl sites for hydroxylation is 1. The minimum Gasteiger partial charge on any atom is -0.309 e. The lowest BCUT2D eigenvalue weighted by molar-refractivity contribution is 0.0740. The zero-order valence-corrected chi connectivity index (χ0v) is 17.6. The highest BCUT2D eigenvalue weighted by molar-refractivity contribution is 7.89. The Morgan fingerprint density at radius 3 is 2.23 bits per heavy atom. The van der Waals surface area contributed by atoms with Crippen molar-refractivity contribution in [1.82, 2.24) is 14.1 Å². The SMILES string of the molecule is CC1CN(S(=O)(=O)CCCc2ccccc2)CC(C)N1CCCN(C)C. The minimum atomic E-state index is -3.18. The van der Waals surface area contributed by atoms with Crippen LogP contribution in [0.3, 0.4) is 0 Å². The Morgan fingerprint density at radius 1 is 1.04 bits per heavy atom. The predicted molar refractivity (Wildman–Crippen MR) is 109 cm³/mol. The van der Waals surface area contributed by atoms with E-state index in [2.05, 4.69) is 49.9 Å². The topological polar surface area (TPSA) is 43.9 Å². The molecule has 0 aliphatic carbocycles. The summed E-state index contributed by atoms with van der Waals surface area (Å²) in [7, 11) is 1.00. The average Bonchev–Trinajstić information content (AvgIpc) is 2.57. The van der Waals surface area contributed by atoms with Crippen molar-refractivity contribution >= 4 is 10.0 Å². The van der Waals surface area contributed by atoms with Crippen molar-refractivity contribution in [3.8, 4) is 0 Å². The highest BCUT2D eigenvalue weighted by Gasteiger charge is 2.34. The highest BCUT2D eigenvalue weighted by Crippen LogP contribution is 2.20. The third-order valence-corrected chi connectivity index (χ3v) is 7.08. The van der Waals surface area contributed by atoms with Crippen LogP contribution >= 0.6 is 0 Å². The first-order valence-electron chi connectivity index (χ1n) is 9.72. The number of sulfonamides is 1. The zero-order valence-electron chi connectivity index (χ0n) is 16.8. The molecular formula is C20H35N3O2S. The van der Waals surface area contributed by atoms with Crippen LogP contribution in [0.15, 0.2) is 30.3 Å². The molecule has 1 saturated heterocycles. The number of rotatable bonds is 9. The number of nitrogens with zero attached hydrogens (tertiary/aromatic N) is 3. The summed E-state index contributed by atoms with van der Waals surface area (Å²) in [6, 6.07) is 10.6. The quantitative estimate of drug-likeness (QED) is 0.658. The highest BCUT2D eigenvalue weighted by atomic mass is 32.2. The number of piperazine rings is 1. The molecular weight excluding hydrogens is 346 g/mol. The first kappa shape index (κ1) is 21.4. The third-order valence-electron chi connectivity index (χ3n) is 5.19. The van der Waals surface area contributed by atoms with Gasteiger partial charge in [0.25, 0.3) is 0 Å². The summed E-state index contributed by atoms with van der Waals surface area (Å²) in [6.07, 6.45) is 2.61. The molecule has 1 fully saturated rings. The molecule has 0 radical (unpaired) electrons. The van der Waals surface area contributed by atoms with Crippen LogP contribution in [0.2, 0.25) is 0 Å². The Labute approximate surface area is 160 Å². The van der Waals surface area contributed by atoms with E-state index in [4.69, 9.17) is 0 Å². The molecule has 26 heavy (non-hydrogen) atoms. The molecule has 0 amide bonds. The molecule has 2 unspecified atom stereocenters. The Hall–Kier alpha value is -0.950. The van der Waals surface area contributed by atoms with Crippen LogP contribution in [-0.2, 0) is 16.4 Å². The van der Waals surface area contributed by atoms with Crippen molar-refractivity contribution in [2.24, 2.45) is 0 Å². The van der Waals surface area contributed by atoms with Gasteiger partial charge < -0.3 is 4.90 Å². The normalized spacial score (nSPS) is 22.8. The van der Waals surface area contributed by atoms with Crippen LogP contribution in [0.1, 0.15) is 32.3 Å². The molecule has 5 nitrogen and oxygen atoms in total. The van der Waals surface area contributed by atoms with E-state index in [1.807, 2.05) is 18.2 Å². The molecule has 1 aromatic carbocycles. The maximum absolute atomic E-state index is 12.8. The molecule has 0 aromatic heterocycles. The lowest BCUT2D eigenvalue weighted by Crippen LogP contribution is -2.58. The summed E-state index contributed by atoms with van der Waals surface area (Å²) < 4.78 is 27.3. The Kier molecular flexibility index (Phi) is 8.07. The zero-order chi connectivity index (χ0) is 19.2. The lowest BCUT2D eigenvalue weighted by Gasteiger charge is -2.44. The van der Waals surface area contributed by atoms with Gasteiger partial charge in [-0.15, -0.1) is 0 Å². The Morgan fingerprint density at radius 2 is 1.65 bits per heavy atom. The van der Waals surface area contributed by atoms with Gasteiger partial charge in [-0.3, -0.25) is 4.90 Å². The molecule has 2 atom stereocenters. The molecule has 148 valence electrons. The minimum absolute atomic E-state index is 0.238. The first-order valence-corrected chi connectivity index (χ1v) is 11.3. The molecule has 1 aliphatic rings. The average molecular weight is 382 g/mol. The van der Waals surface area contributed by atoms with Gasteiger partial charge in [-0.2, -0.15) is 4.31 Å². The molecule has 0 spiro atoms. The van der Waals surface area contributed by atoms with Crippen molar-refractivity contribution < 1.29 is 8.42 Å². The number of hydrogen-bond donors (Lipinski definition) is 0. The summed E-state index contributed by atoms with van der Waals surface area (Å²) in [4.78, 5) is 4.66. The van der Waals surface area contributed by atoms with Crippen LogP contribution in [-0.4, -0.2) is 80.6 Å². The molecule has 0 bridgehead atoms. The van der Waals surface area contributed by atoms with Crippen LogP contribution in [0.25, 0.3) is 0 Å². The second-order valence-electron chi connectivity index (χ2n) is 7.81. The van der Waals surface area contributed by atoms with Gasteiger partial charge in [0.05, 0.1) is 5.75 Å². The summed E-state index contributed by atoms with van der Waals surface area (Å²) in [6.45, 7) is 7.62. The number of benzene rings is 1. The van der Waals surface area contributed by atoms with Crippen LogP contribution in [0.5, 0.6) is 0 Å². The molecule has 2 rings (SSSR count). The molecule has 1 aromatic rings. The van der Waals surface area contributed by atoms with Crippen molar-refractivity contribution in [3.05, 3.63) is 35.9 Å². The summed E-state index contributed by atoms with van der Waals surface area (Å²) in [5.74, 6) is 0.238. The van der Waals surface area contributed by atoms with Crippen molar-refractivity contribution in [2.75, 3.05) is 46.0 Å². The fourth-order valence-corrected chi connectivity index (χ4v) is 5.43. The van der Waals surface area contributed by atoms with Gasteiger partial charge in [-0.25, -0.2) is 8.42 Å². The van der Waals surface area contributed by atoms with Gasteiger partial charge >= 0.3 is 0 Å². The van der Waals surface area contributed by atoms with Gasteiger partial charge in [0.2, 0.25) is 10.0 Å². The van der Waals surface area contributed by atoms with Crippen LogP contribution in [0, 0.1) is 0 Å². The molecule has 0 saturated carbocycles. The number of hydrogen-bond acceptors (Lipinski definition) is 4. The maximum Gasteiger partial charge on any atom is 0.214 e. The van der Waals surface area contributed by atoms with Crippen molar-refractivity contribution in [3.63, 3.8) is 0 Å². The van der Waals surface area contributed by atoms with E-state index in [1.54, 1.807) is 4.31 Å². The van der Waals surface area contributed by atoms with Gasteiger partial charge in [-0.05, 0) is 59.3 Å². The largest absolute Gasteiger partial charge is 0.309 e. The van der Waals surface area contributed by atoms with E-state index in [0.717, 1.165) is 25.9 Å². The maximum atomic E-state index is 12.8. The summed E-state index contributed by atoms with van der Waals surface area (Å²) >= 11 is 0. The molecule has 1 heterocycles. The van der Waals surface area contributed by atoms with Crippen molar-refractivity contribution in [1.29, 1.82) is 0 Å². The molecule has 0 N–H and O–H groups in total. The van der Waals surface area contributed by atoms with Gasteiger partial charge in [-0.1, -0.05) is 30.3 Å². The molecule has 6 heteroatoms. The van der Waals surface area contributed by atoms with Gasteiger partial charge in [0.1, 0.15) is 0 Å². The fourth-order valence-electron chi connectivity index (χ4n) is 3.78. The van der Waals surface area contributed by atoms with Crippen molar-refractivity contribution in [2.45, 2.75) is 45.2 Å². The summed E-state index contributed by atoms with van der Waals surface area (Å²) in [5, 5.41) is 0. The van der Waals surface area contributed by atoms with Gasteiger partial charge in [0.15, 0.2) is 0 Å². The Balaban J connectivity index is 1.84. The van der Waals surface area contributed by atoms with Crippen LogP contribution in [0.4, 0.5) is 0 Å². The van der Waals surface area contributed by atoms with E-state index in [-0.39, 0.29) is 17.8 Å². The monoisotopic (exact) mass is 381 g/mol. The third kappa shape index (κ3) is 6.34. The van der Waals surface area contributed by atoms with E-state index in [1.165, 1.54) is 5.56 Å². The van der Waals surface area contributed by atoms with Gasteiger partial charge in [0, 0.05) is 31.7 Å². The van der Waals surface area contributed by atoms with E-state index >= 15 is 0 Å². The van der Waals surface area contributed by atoms with E-state index < -0.39 is 10.0 Å². The fraction of sp³-hybridized carbons (Fsp3) is 0.700. The van der Waals surface area contributed by atoms with E-state index in [9.17, 15) is 8.42 Å². The second-order valence-corrected chi connectivity index (χ2v) is 9.90. The molecule has 1 aliphatic heterocycles. The lowest BCUT2D eigenvalue weighted by atomic mass is 10.1. The summed E-state index contributed by atoms with van der Waals surface area (Å²) in [5.41, 5.74) is 1.20. The first-order chi connectivity index (χ1) is 12.3. The standard InChI is InChI=1S/C20H35N3O2S/c1-18-16-22(17-19(2)23(18)14-9-13-21(3)4)26(24,25)15-8-12-20-10-6-5-7-11-20/h5-7,10-11,18-19H,8-9,12-17H2,1-4H3. The van der Waals surface area contributed by atoms with Crippen LogP contribution < -0.4 is 0 Å². The van der Waals surface area contributed by atoms with E-state index in [0.29, 0.717) is 19.5 Å². The smallest absolute Gasteiger partial charge is 0.214 e. The Bertz CT molecular complexity index is 622. The predicted octanol–water partition coefficient (Wildman–Crippen LogP) is 2.30.